The van der Waals surface area contributed by atoms with E-state index in [4.69, 9.17) is 14.4 Å². The van der Waals surface area contributed by atoms with Crippen molar-refractivity contribution in [1.29, 1.82) is 0 Å². The molecule has 82 valence electrons. The van der Waals surface area contributed by atoms with Gasteiger partial charge in [0.2, 0.25) is 0 Å². The van der Waals surface area contributed by atoms with E-state index < -0.39 is 5.97 Å². The number of aromatic carboxylic acids is 1. The second-order valence-corrected chi connectivity index (χ2v) is 2.95. The van der Waals surface area contributed by atoms with E-state index >= 15 is 0 Å². The molecule has 0 atom stereocenters. The standard InChI is InChI=1S/C10H8N2O4/c13-10(14)7-1-3-8(4-2-7)15-5-9-11-6-12-16-9/h1-4,6H,5H2,(H,13,14). The summed E-state index contributed by atoms with van der Waals surface area (Å²) >= 11 is 0. The smallest absolute Gasteiger partial charge is 0.335 e. The summed E-state index contributed by atoms with van der Waals surface area (Å²) in [6.45, 7) is 0.159. The molecule has 0 saturated carbocycles. The van der Waals surface area contributed by atoms with Gasteiger partial charge in [-0.15, -0.1) is 0 Å². The molecule has 0 aliphatic carbocycles. The molecule has 1 aromatic heterocycles. The number of carbonyl (C=O) groups is 1. The van der Waals surface area contributed by atoms with Gasteiger partial charge in [0.05, 0.1) is 5.56 Å². The van der Waals surface area contributed by atoms with Crippen LogP contribution < -0.4 is 4.74 Å². The number of carboxylic acid groups (broad SMARTS) is 1. The zero-order chi connectivity index (χ0) is 11.4. The van der Waals surface area contributed by atoms with Crippen LogP contribution in [0.2, 0.25) is 0 Å². The Kier molecular flexibility index (Phi) is 2.81. The van der Waals surface area contributed by atoms with Gasteiger partial charge >= 0.3 is 5.97 Å². The van der Waals surface area contributed by atoms with Gasteiger partial charge in [0.1, 0.15) is 5.75 Å². The van der Waals surface area contributed by atoms with Crippen molar-refractivity contribution in [1.82, 2.24) is 10.1 Å². The summed E-state index contributed by atoms with van der Waals surface area (Å²) in [5.74, 6) is -0.0611. The van der Waals surface area contributed by atoms with E-state index in [1.54, 1.807) is 12.1 Å². The van der Waals surface area contributed by atoms with Gasteiger partial charge in [-0.1, -0.05) is 5.16 Å². The molecule has 0 fully saturated rings. The van der Waals surface area contributed by atoms with Crippen LogP contribution in [0.1, 0.15) is 16.2 Å². The van der Waals surface area contributed by atoms with Gasteiger partial charge in [0.25, 0.3) is 5.89 Å². The normalized spacial score (nSPS) is 10.0. The van der Waals surface area contributed by atoms with Gasteiger partial charge in [0, 0.05) is 0 Å². The lowest BCUT2D eigenvalue weighted by molar-refractivity contribution is 0.0697. The minimum Gasteiger partial charge on any atom is -0.484 e. The molecule has 16 heavy (non-hydrogen) atoms. The molecule has 0 amide bonds. The molecule has 1 N–H and O–H groups in total. The van der Waals surface area contributed by atoms with Crippen LogP contribution in [-0.4, -0.2) is 21.2 Å². The number of benzene rings is 1. The fraction of sp³-hybridized carbons (Fsp3) is 0.100. The first-order valence-corrected chi connectivity index (χ1v) is 4.47. The highest BCUT2D eigenvalue weighted by atomic mass is 16.5. The maximum absolute atomic E-state index is 10.6. The Balaban J connectivity index is 1.98. The quantitative estimate of drug-likeness (QED) is 0.836. The zero-order valence-corrected chi connectivity index (χ0v) is 8.16. The number of rotatable bonds is 4. The summed E-state index contributed by atoms with van der Waals surface area (Å²) in [5.41, 5.74) is 0.213. The third-order valence-corrected chi connectivity index (χ3v) is 1.87. The minimum absolute atomic E-state index is 0.159. The van der Waals surface area contributed by atoms with Gasteiger partial charge in [-0.05, 0) is 24.3 Å². The fourth-order valence-corrected chi connectivity index (χ4v) is 1.10. The molecule has 1 aromatic carbocycles. The van der Waals surface area contributed by atoms with Crippen molar-refractivity contribution in [3.05, 3.63) is 42.0 Å². The first-order chi connectivity index (χ1) is 7.75. The molecule has 0 spiro atoms. The lowest BCUT2D eigenvalue weighted by Crippen LogP contribution is -1.98. The molecular weight excluding hydrogens is 212 g/mol. The van der Waals surface area contributed by atoms with Crippen LogP contribution in [0.25, 0.3) is 0 Å². The van der Waals surface area contributed by atoms with Crippen LogP contribution in [-0.2, 0) is 6.61 Å². The minimum atomic E-state index is -0.969. The van der Waals surface area contributed by atoms with Crippen molar-refractivity contribution in [2.75, 3.05) is 0 Å². The summed E-state index contributed by atoms with van der Waals surface area (Å²) < 4.78 is 10.0. The molecule has 0 aliphatic heterocycles. The van der Waals surface area contributed by atoms with Crippen molar-refractivity contribution in [2.24, 2.45) is 0 Å². The van der Waals surface area contributed by atoms with Crippen molar-refractivity contribution in [2.45, 2.75) is 6.61 Å². The van der Waals surface area contributed by atoms with Crippen LogP contribution in [0, 0.1) is 0 Å². The average Bonchev–Trinajstić information content (AvgIpc) is 2.80. The Morgan fingerprint density at radius 1 is 1.38 bits per heavy atom. The molecule has 2 rings (SSSR count). The summed E-state index contributed by atoms with van der Waals surface area (Å²) in [4.78, 5) is 14.4. The Labute approximate surface area is 90.5 Å². The topological polar surface area (TPSA) is 85.5 Å². The molecule has 0 unspecified atom stereocenters. The summed E-state index contributed by atoms with van der Waals surface area (Å²) in [7, 11) is 0. The highest BCUT2D eigenvalue weighted by molar-refractivity contribution is 5.87. The second-order valence-electron chi connectivity index (χ2n) is 2.95. The van der Waals surface area contributed by atoms with Crippen molar-refractivity contribution in [3.8, 4) is 5.75 Å². The van der Waals surface area contributed by atoms with E-state index in [0.29, 0.717) is 11.6 Å². The number of nitrogens with zero attached hydrogens (tertiary/aromatic N) is 2. The zero-order valence-electron chi connectivity index (χ0n) is 8.16. The maximum Gasteiger partial charge on any atom is 0.335 e. The lowest BCUT2D eigenvalue weighted by atomic mass is 10.2. The monoisotopic (exact) mass is 220 g/mol. The van der Waals surface area contributed by atoms with E-state index in [2.05, 4.69) is 10.1 Å². The number of carboxylic acids is 1. The van der Waals surface area contributed by atoms with Crippen LogP contribution in [0.15, 0.2) is 35.1 Å². The lowest BCUT2D eigenvalue weighted by Gasteiger charge is -2.02. The molecule has 0 bridgehead atoms. The first kappa shape index (κ1) is 10.2. The van der Waals surface area contributed by atoms with Crippen molar-refractivity contribution >= 4 is 5.97 Å². The summed E-state index contributed by atoms with van der Waals surface area (Å²) in [5, 5.41) is 12.1. The van der Waals surface area contributed by atoms with Crippen LogP contribution >= 0.6 is 0 Å². The summed E-state index contributed by atoms with van der Waals surface area (Å²) in [6, 6.07) is 6.07. The van der Waals surface area contributed by atoms with Crippen molar-refractivity contribution < 1.29 is 19.2 Å². The third-order valence-electron chi connectivity index (χ3n) is 1.87. The highest BCUT2D eigenvalue weighted by Gasteiger charge is 2.03. The molecule has 0 radical (unpaired) electrons. The Morgan fingerprint density at radius 3 is 2.69 bits per heavy atom. The van der Waals surface area contributed by atoms with Crippen LogP contribution in [0.3, 0.4) is 0 Å². The van der Waals surface area contributed by atoms with E-state index in [9.17, 15) is 4.79 Å². The maximum atomic E-state index is 10.6. The van der Waals surface area contributed by atoms with Crippen LogP contribution in [0.5, 0.6) is 5.75 Å². The molecule has 0 aliphatic rings. The molecule has 2 aromatic rings. The second kappa shape index (κ2) is 4.43. The Hall–Kier alpha value is -2.37. The molecule has 0 saturated heterocycles. The van der Waals surface area contributed by atoms with Gasteiger partial charge in [-0.2, -0.15) is 4.98 Å². The van der Waals surface area contributed by atoms with E-state index in [1.165, 1.54) is 18.5 Å². The van der Waals surface area contributed by atoms with Gasteiger partial charge in [-0.3, -0.25) is 0 Å². The fourth-order valence-electron chi connectivity index (χ4n) is 1.10. The first-order valence-electron chi connectivity index (χ1n) is 4.47. The Morgan fingerprint density at radius 2 is 2.12 bits per heavy atom. The molecule has 6 heteroatoms. The van der Waals surface area contributed by atoms with Crippen LogP contribution in [0.4, 0.5) is 0 Å². The molecule has 6 nitrogen and oxygen atoms in total. The van der Waals surface area contributed by atoms with Crippen molar-refractivity contribution in [3.63, 3.8) is 0 Å². The van der Waals surface area contributed by atoms with E-state index in [-0.39, 0.29) is 12.2 Å². The largest absolute Gasteiger partial charge is 0.484 e. The molecular formula is C10H8N2O4. The molecule has 1 heterocycles. The van der Waals surface area contributed by atoms with Gasteiger partial charge in [-0.25, -0.2) is 4.79 Å². The third kappa shape index (κ3) is 2.35. The van der Waals surface area contributed by atoms with Gasteiger partial charge < -0.3 is 14.4 Å². The highest BCUT2D eigenvalue weighted by Crippen LogP contribution is 2.13. The van der Waals surface area contributed by atoms with E-state index in [1.807, 2.05) is 0 Å². The number of ether oxygens (including phenoxy) is 1. The summed E-state index contributed by atoms with van der Waals surface area (Å²) in [6.07, 6.45) is 1.28. The predicted molar refractivity (Wildman–Crippen MR) is 52.0 cm³/mol. The predicted octanol–water partition coefficient (Wildman–Crippen LogP) is 1.35. The van der Waals surface area contributed by atoms with Gasteiger partial charge in [0.15, 0.2) is 12.9 Å². The average molecular weight is 220 g/mol. The van der Waals surface area contributed by atoms with E-state index in [0.717, 1.165) is 0 Å². The SMILES string of the molecule is O=C(O)c1ccc(OCc2ncno2)cc1. The number of hydrogen-bond donors (Lipinski definition) is 1. The number of aromatic nitrogens is 2. The number of hydrogen-bond acceptors (Lipinski definition) is 5. The Bertz CT molecular complexity index is 464.